The van der Waals surface area contributed by atoms with E-state index in [9.17, 15) is 5.11 Å². The number of hydrogen-bond donors (Lipinski definition) is 1. The van der Waals surface area contributed by atoms with Gasteiger partial charge in [0.1, 0.15) is 0 Å². The van der Waals surface area contributed by atoms with Crippen LogP contribution in [-0.2, 0) is 12.8 Å². The van der Waals surface area contributed by atoms with Crippen molar-refractivity contribution in [2.45, 2.75) is 39.2 Å². The number of pyridine rings is 1. The molecule has 0 amide bonds. The standard InChI is InChI=1S/C11H17NO/c1-4-9-5-6-12-8-10(9)7-11(2,3)13/h5-6,8,13H,4,7H2,1-3H3. The Balaban J connectivity index is 2.87. The van der Waals surface area contributed by atoms with Gasteiger partial charge in [-0.15, -0.1) is 0 Å². The monoisotopic (exact) mass is 179 g/mol. The molecule has 1 aromatic rings. The molecule has 0 aromatic carbocycles. The Kier molecular flexibility index (Phi) is 3.04. The molecule has 0 saturated heterocycles. The average Bonchev–Trinajstić information content (AvgIpc) is 2.02. The number of nitrogens with zero attached hydrogens (tertiary/aromatic N) is 1. The number of aliphatic hydroxyl groups is 1. The van der Waals surface area contributed by atoms with Gasteiger partial charge in [0.25, 0.3) is 0 Å². The summed E-state index contributed by atoms with van der Waals surface area (Å²) in [4.78, 5) is 4.07. The van der Waals surface area contributed by atoms with Crippen molar-refractivity contribution in [1.29, 1.82) is 0 Å². The van der Waals surface area contributed by atoms with E-state index in [1.54, 1.807) is 6.20 Å². The summed E-state index contributed by atoms with van der Waals surface area (Å²) in [6.45, 7) is 5.75. The number of aryl methyl sites for hydroxylation is 1. The summed E-state index contributed by atoms with van der Waals surface area (Å²) in [5, 5.41) is 9.66. The third kappa shape index (κ3) is 3.15. The van der Waals surface area contributed by atoms with E-state index in [1.165, 1.54) is 5.56 Å². The van der Waals surface area contributed by atoms with Gasteiger partial charge in [-0.25, -0.2) is 0 Å². The van der Waals surface area contributed by atoms with E-state index in [4.69, 9.17) is 0 Å². The van der Waals surface area contributed by atoms with Gasteiger partial charge in [-0.3, -0.25) is 4.98 Å². The normalized spacial score (nSPS) is 11.7. The molecule has 0 saturated carbocycles. The largest absolute Gasteiger partial charge is 0.390 e. The highest BCUT2D eigenvalue weighted by molar-refractivity contribution is 5.24. The summed E-state index contributed by atoms with van der Waals surface area (Å²) in [7, 11) is 0. The van der Waals surface area contributed by atoms with Gasteiger partial charge in [0, 0.05) is 18.8 Å². The zero-order valence-electron chi connectivity index (χ0n) is 8.54. The Bertz CT molecular complexity index is 276. The molecular formula is C11H17NO. The predicted molar refractivity (Wildman–Crippen MR) is 53.6 cm³/mol. The number of aromatic nitrogens is 1. The van der Waals surface area contributed by atoms with E-state index in [1.807, 2.05) is 26.1 Å². The molecule has 0 atom stereocenters. The van der Waals surface area contributed by atoms with Crippen LogP contribution >= 0.6 is 0 Å². The summed E-state index contributed by atoms with van der Waals surface area (Å²) in [5.41, 5.74) is 1.78. The highest BCUT2D eigenvalue weighted by atomic mass is 16.3. The minimum absolute atomic E-state index is 0.646. The van der Waals surface area contributed by atoms with Crippen LogP contribution < -0.4 is 0 Å². The maximum absolute atomic E-state index is 9.66. The SMILES string of the molecule is CCc1ccncc1CC(C)(C)O. The summed E-state index contributed by atoms with van der Waals surface area (Å²) < 4.78 is 0. The Hall–Kier alpha value is -0.890. The molecule has 1 rings (SSSR count). The lowest BCUT2D eigenvalue weighted by molar-refractivity contribution is 0.0807. The van der Waals surface area contributed by atoms with Gasteiger partial charge in [-0.1, -0.05) is 6.92 Å². The van der Waals surface area contributed by atoms with Crippen molar-refractivity contribution < 1.29 is 5.11 Å². The van der Waals surface area contributed by atoms with Gasteiger partial charge in [0.15, 0.2) is 0 Å². The zero-order valence-corrected chi connectivity index (χ0v) is 8.54. The first-order valence-electron chi connectivity index (χ1n) is 4.67. The minimum Gasteiger partial charge on any atom is -0.390 e. The van der Waals surface area contributed by atoms with Gasteiger partial charge in [0.2, 0.25) is 0 Å². The van der Waals surface area contributed by atoms with Crippen molar-refractivity contribution >= 4 is 0 Å². The van der Waals surface area contributed by atoms with E-state index in [0.717, 1.165) is 12.0 Å². The molecule has 1 aromatic heterocycles. The summed E-state index contributed by atoms with van der Waals surface area (Å²) >= 11 is 0. The van der Waals surface area contributed by atoms with Crippen LogP contribution in [0.15, 0.2) is 18.5 Å². The fourth-order valence-electron chi connectivity index (χ4n) is 1.43. The smallest absolute Gasteiger partial charge is 0.0632 e. The second-order valence-corrected chi connectivity index (χ2v) is 3.99. The molecule has 72 valence electrons. The van der Waals surface area contributed by atoms with E-state index in [0.29, 0.717) is 6.42 Å². The minimum atomic E-state index is -0.646. The first-order valence-corrected chi connectivity index (χ1v) is 4.67. The van der Waals surface area contributed by atoms with Crippen LogP contribution in [0.1, 0.15) is 31.9 Å². The Labute approximate surface area is 79.6 Å². The highest BCUT2D eigenvalue weighted by Crippen LogP contribution is 2.15. The highest BCUT2D eigenvalue weighted by Gasteiger charge is 2.15. The van der Waals surface area contributed by atoms with Crippen LogP contribution in [-0.4, -0.2) is 15.7 Å². The zero-order chi connectivity index (χ0) is 9.90. The Morgan fingerprint density at radius 3 is 2.62 bits per heavy atom. The van der Waals surface area contributed by atoms with Crippen LogP contribution in [0, 0.1) is 0 Å². The van der Waals surface area contributed by atoms with Crippen LogP contribution in [0.2, 0.25) is 0 Å². The van der Waals surface area contributed by atoms with E-state index in [2.05, 4.69) is 11.9 Å². The van der Waals surface area contributed by atoms with Crippen molar-refractivity contribution in [2.24, 2.45) is 0 Å². The second-order valence-electron chi connectivity index (χ2n) is 3.99. The van der Waals surface area contributed by atoms with Crippen molar-refractivity contribution in [1.82, 2.24) is 4.98 Å². The third-order valence-corrected chi connectivity index (χ3v) is 2.01. The molecule has 0 aliphatic rings. The molecule has 2 heteroatoms. The summed E-state index contributed by atoms with van der Waals surface area (Å²) in [5.74, 6) is 0. The van der Waals surface area contributed by atoms with Crippen molar-refractivity contribution in [3.05, 3.63) is 29.6 Å². The van der Waals surface area contributed by atoms with Gasteiger partial charge in [-0.2, -0.15) is 0 Å². The van der Waals surface area contributed by atoms with Crippen LogP contribution in [0.4, 0.5) is 0 Å². The lowest BCUT2D eigenvalue weighted by Gasteiger charge is -2.18. The predicted octanol–water partition coefficient (Wildman–Crippen LogP) is 1.96. The summed E-state index contributed by atoms with van der Waals surface area (Å²) in [6, 6.07) is 2.01. The van der Waals surface area contributed by atoms with E-state index < -0.39 is 5.60 Å². The molecule has 2 nitrogen and oxygen atoms in total. The van der Waals surface area contributed by atoms with Gasteiger partial charge >= 0.3 is 0 Å². The Morgan fingerprint density at radius 1 is 1.38 bits per heavy atom. The van der Waals surface area contributed by atoms with E-state index >= 15 is 0 Å². The van der Waals surface area contributed by atoms with Gasteiger partial charge < -0.3 is 5.11 Å². The molecule has 0 radical (unpaired) electrons. The average molecular weight is 179 g/mol. The van der Waals surface area contributed by atoms with E-state index in [-0.39, 0.29) is 0 Å². The fraction of sp³-hybridized carbons (Fsp3) is 0.545. The molecule has 1 heterocycles. The molecule has 0 aliphatic heterocycles. The molecule has 0 fully saturated rings. The first-order chi connectivity index (χ1) is 6.03. The fourth-order valence-corrected chi connectivity index (χ4v) is 1.43. The third-order valence-electron chi connectivity index (χ3n) is 2.01. The topological polar surface area (TPSA) is 33.1 Å². The molecule has 0 unspecified atom stereocenters. The lowest BCUT2D eigenvalue weighted by Crippen LogP contribution is -2.22. The van der Waals surface area contributed by atoms with Crippen molar-refractivity contribution in [3.63, 3.8) is 0 Å². The molecule has 13 heavy (non-hydrogen) atoms. The lowest BCUT2D eigenvalue weighted by atomic mass is 9.95. The number of rotatable bonds is 3. The molecule has 0 aliphatic carbocycles. The van der Waals surface area contributed by atoms with Crippen LogP contribution in [0.3, 0.4) is 0 Å². The Morgan fingerprint density at radius 2 is 2.08 bits per heavy atom. The molecule has 0 bridgehead atoms. The molecule has 1 N–H and O–H groups in total. The van der Waals surface area contributed by atoms with Crippen LogP contribution in [0.25, 0.3) is 0 Å². The van der Waals surface area contributed by atoms with Crippen molar-refractivity contribution in [3.8, 4) is 0 Å². The molecule has 0 spiro atoms. The quantitative estimate of drug-likeness (QED) is 0.769. The maximum Gasteiger partial charge on any atom is 0.0632 e. The van der Waals surface area contributed by atoms with Gasteiger partial charge in [0.05, 0.1) is 5.60 Å². The van der Waals surface area contributed by atoms with Crippen molar-refractivity contribution in [2.75, 3.05) is 0 Å². The number of hydrogen-bond acceptors (Lipinski definition) is 2. The molecular weight excluding hydrogens is 162 g/mol. The first kappa shape index (κ1) is 10.2. The second kappa shape index (κ2) is 3.88. The van der Waals surface area contributed by atoms with Gasteiger partial charge in [-0.05, 0) is 37.5 Å². The maximum atomic E-state index is 9.66. The summed E-state index contributed by atoms with van der Waals surface area (Å²) in [6.07, 6.45) is 5.31. The van der Waals surface area contributed by atoms with Crippen LogP contribution in [0.5, 0.6) is 0 Å².